The topological polar surface area (TPSA) is 24.9 Å². The zero-order valence-corrected chi connectivity index (χ0v) is 11.4. The van der Waals surface area contributed by atoms with Crippen molar-refractivity contribution in [3.8, 4) is 0 Å². The lowest BCUT2D eigenvalue weighted by Crippen LogP contribution is -2.21. The van der Waals surface area contributed by atoms with E-state index in [-0.39, 0.29) is 0 Å². The summed E-state index contributed by atoms with van der Waals surface area (Å²) in [6, 6.07) is 3.87. The van der Waals surface area contributed by atoms with Crippen molar-refractivity contribution in [2.45, 2.75) is 39.5 Å². The number of aromatic nitrogens is 1. The number of anilines is 1. The van der Waals surface area contributed by atoms with E-state index in [2.05, 4.69) is 17.2 Å². The van der Waals surface area contributed by atoms with Crippen molar-refractivity contribution in [1.82, 2.24) is 4.98 Å². The van der Waals surface area contributed by atoms with E-state index < -0.39 is 0 Å². The summed E-state index contributed by atoms with van der Waals surface area (Å²) in [4.78, 5) is 4.26. The van der Waals surface area contributed by atoms with Crippen LogP contribution >= 0.6 is 11.6 Å². The van der Waals surface area contributed by atoms with Gasteiger partial charge in [-0.05, 0) is 43.7 Å². The highest BCUT2D eigenvalue weighted by atomic mass is 35.5. The van der Waals surface area contributed by atoms with Gasteiger partial charge in [0.1, 0.15) is 5.15 Å². The molecule has 0 bridgehead atoms. The number of nitrogens with zero attached hydrogens (tertiary/aromatic N) is 1. The van der Waals surface area contributed by atoms with Crippen LogP contribution in [0.2, 0.25) is 5.15 Å². The highest BCUT2D eigenvalue weighted by Gasteiger charge is 2.18. The summed E-state index contributed by atoms with van der Waals surface area (Å²) in [5.41, 5.74) is 2.11. The second-order valence-electron chi connectivity index (χ2n) is 5.29. The normalized spacial score (nSPS) is 24.6. The predicted octanol–water partition coefficient (Wildman–Crippen LogP) is 4.28. The van der Waals surface area contributed by atoms with E-state index in [4.69, 9.17) is 11.6 Å². The van der Waals surface area contributed by atoms with Crippen LogP contribution in [0.1, 0.15) is 38.3 Å². The maximum absolute atomic E-state index is 5.85. The minimum Gasteiger partial charge on any atom is -0.383 e. The van der Waals surface area contributed by atoms with Gasteiger partial charge in [-0.15, -0.1) is 0 Å². The highest BCUT2D eigenvalue weighted by Crippen LogP contribution is 2.29. The third kappa shape index (κ3) is 3.60. The molecule has 2 nitrogen and oxygen atoms in total. The molecule has 2 rings (SSSR count). The molecule has 1 N–H and O–H groups in total. The molecule has 0 aromatic carbocycles. The molecule has 0 saturated heterocycles. The fourth-order valence-electron chi connectivity index (χ4n) is 2.72. The molecule has 1 aromatic heterocycles. The molecule has 1 aliphatic rings. The van der Waals surface area contributed by atoms with Gasteiger partial charge in [-0.3, -0.25) is 0 Å². The second kappa shape index (κ2) is 5.72. The molecule has 94 valence electrons. The van der Waals surface area contributed by atoms with E-state index in [1.807, 2.05) is 19.1 Å². The van der Waals surface area contributed by atoms with Crippen LogP contribution in [-0.2, 0) is 0 Å². The molecule has 0 radical (unpaired) electrons. The Bertz CT molecular complexity index is 378. The number of hydrogen-bond donors (Lipinski definition) is 1. The largest absolute Gasteiger partial charge is 0.383 e. The lowest BCUT2D eigenvalue weighted by molar-refractivity contribution is 0.293. The van der Waals surface area contributed by atoms with Crippen LogP contribution in [0.15, 0.2) is 12.1 Å². The average molecular weight is 253 g/mol. The SMILES string of the molecule is Cc1nc(Cl)ccc1NCC1CCCC(C)C1. The van der Waals surface area contributed by atoms with Gasteiger partial charge in [0.15, 0.2) is 0 Å². The van der Waals surface area contributed by atoms with Gasteiger partial charge in [0, 0.05) is 6.54 Å². The van der Waals surface area contributed by atoms with Crippen molar-refractivity contribution >= 4 is 17.3 Å². The van der Waals surface area contributed by atoms with Crippen LogP contribution in [0.3, 0.4) is 0 Å². The summed E-state index contributed by atoms with van der Waals surface area (Å²) in [6.45, 7) is 5.42. The van der Waals surface area contributed by atoms with Gasteiger partial charge in [0.25, 0.3) is 0 Å². The number of pyridine rings is 1. The van der Waals surface area contributed by atoms with Crippen molar-refractivity contribution in [3.63, 3.8) is 0 Å². The Balaban J connectivity index is 1.88. The van der Waals surface area contributed by atoms with Crippen molar-refractivity contribution in [3.05, 3.63) is 23.0 Å². The molecule has 3 heteroatoms. The summed E-state index contributed by atoms with van der Waals surface area (Å²) >= 11 is 5.85. The molecular formula is C14H21ClN2. The van der Waals surface area contributed by atoms with Crippen LogP contribution in [0.4, 0.5) is 5.69 Å². The summed E-state index contributed by atoms with van der Waals surface area (Å²) in [6.07, 6.45) is 5.49. The molecular weight excluding hydrogens is 232 g/mol. The fourth-order valence-corrected chi connectivity index (χ4v) is 2.91. The van der Waals surface area contributed by atoms with Crippen LogP contribution < -0.4 is 5.32 Å². The third-order valence-electron chi connectivity index (χ3n) is 3.68. The molecule has 0 amide bonds. The van der Waals surface area contributed by atoms with Gasteiger partial charge < -0.3 is 5.32 Å². The number of hydrogen-bond acceptors (Lipinski definition) is 2. The zero-order chi connectivity index (χ0) is 12.3. The molecule has 1 aromatic rings. The van der Waals surface area contributed by atoms with Crippen molar-refractivity contribution in [1.29, 1.82) is 0 Å². The standard InChI is InChI=1S/C14H21ClN2/c1-10-4-3-5-12(8-10)9-16-13-6-7-14(15)17-11(13)2/h6-7,10,12,16H,3-5,8-9H2,1-2H3. The molecule has 1 fully saturated rings. The van der Waals surface area contributed by atoms with Crippen LogP contribution in [0, 0.1) is 18.8 Å². The van der Waals surface area contributed by atoms with Gasteiger partial charge >= 0.3 is 0 Å². The predicted molar refractivity (Wildman–Crippen MR) is 73.6 cm³/mol. The molecule has 0 spiro atoms. The Morgan fingerprint density at radius 3 is 2.94 bits per heavy atom. The molecule has 1 aliphatic carbocycles. The monoisotopic (exact) mass is 252 g/mol. The van der Waals surface area contributed by atoms with Gasteiger partial charge in [-0.2, -0.15) is 0 Å². The first-order valence-corrected chi connectivity index (χ1v) is 6.90. The summed E-state index contributed by atoms with van der Waals surface area (Å²) in [5, 5.41) is 4.08. The van der Waals surface area contributed by atoms with Gasteiger partial charge in [-0.1, -0.05) is 31.4 Å². The third-order valence-corrected chi connectivity index (χ3v) is 3.89. The molecule has 1 heterocycles. The highest BCUT2D eigenvalue weighted by molar-refractivity contribution is 6.29. The van der Waals surface area contributed by atoms with E-state index in [0.717, 1.165) is 29.8 Å². The molecule has 2 atom stereocenters. The number of rotatable bonds is 3. The van der Waals surface area contributed by atoms with E-state index in [9.17, 15) is 0 Å². The fraction of sp³-hybridized carbons (Fsp3) is 0.643. The first kappa shape index (κ1) is 12.7. The maximum atomic E-state index is 5.85. The average Bonchev–Trinajstić information content (AvgIpc) is 2.28. The number of halogens is 1. The van der Waals surface area contributed by atoms with Crippen molar-refractivity contribution in [2.24, 2.45) is 11.8 Å². The minimum absolute atomic E-state index is 0.569. The molecule has 17 heavy (non-hydrogen) atoms. The minimum atomic E-state index is 0.569. The Kier molecular flexibility index (Phi) is 4.27. The Morgan fingerprint density at radius 2 is 2.24 bits per heavy atom. The first-order valence-electron chi connectivity index (χ1n) is 6.52. The van der Waals surface area contributed by atoms with Gasteiger partial charge in [0.05, 0.1) is 11.4 Å². The summed E-state index contributed by atoms with van der Waals surface area (Å²) in [5.74, 6) is 1.70. The first-order chi connectivity index (χ1) is 8.15. The number of aryl methyl sites for hydroxylation is 1. The zero-order valence-electron chi connectivity index (χ0n) is 10.7. The van der Waals surface area contributed by atoms with Crippen molar-refractivity contribution in [2.75, 3.05) is 11.9 Å². The van der Waals surface area contributed by atoms with E-state index in [0.29, 0.717) is 5.15 Å². The number of nitrogens with one attached hydrogen (secondary N) is 1. The van der Waals surface area contributed by atoms with Gasteiger partial charge in [-0.25, -0.2) is 4.98 Å². The summed E-state index contributed by atoms with van der Waals surface area (Å²) < 4.78 is 0. The van der Waals surface area contributed by atoms with Crippen molar-refractivity contribution < 1.29 is 0 Å². The van der Waals surface area contributed by atoms with Crippen LogP contribution in [0.25, 0.3) is 0 Å². The Labute approximate surface area is 109 Å². The Morgan fingerprint density at radius 1 is 1.41 bits per heavy atom. The smallest absolute Gasteiger partial charge is 0.129 e. The lowest BCUT2D eigenvalue weighted by Gasteiger charge is -2.27. The summed E-state index contributed by atoms with van der Waals surface area (Å²) in [7, 11) is 0. The van der Waals surface area contributed by atoms with Gasteiger partial charge in [0.2, 0.25) is 0 Å². The Hall–Kier alpha value is -0.760. The quantitative estimate of drug-likeness (QED) is 0.813. The van der Waals surface area contributed by atoms with E-state index in [1.165, 1.54) is 25.7 Å². The van der Waals surface area contributed by atoms with Crippen LogP contribution in [0.5, 0.6) is 0 Å². The maximum Gasteiger partial charge on any atom is 0.129 e. The van der Waals surface area contributed by atoms with Crippen LogP contribution in [-0.4, -0.2) is 11.5 Å². The molecule has 2 unspecified atom stereocenters. The second-order valence-corrected chi connectivity index (χ2v) is 5.67. The van der Waals surface area contributed by atoms with E-state index >= 15 is 0 Å². The molecule has 1 saturated carbocycles. The van der Waals surface area contributed by atoms with E-state index in [1.54, 1.807) is 0 Å². The molecule has 0 aliphatic heterocycles. The lowest BCUT2D eigenvalue weighted by atomic mass is 9.82.